The highest BCUT2D eigenvalue weighted by molar-refractivity contribution is 7.92. The summed E-state index contributed by atoms with van der Waals surface area (Å²) in [5, 5.41) is 3.52. The van der Waals surface area contributed by atoms with Crippen LogP contribution >= 0.6 is 0 Å². The van der Waals surface area contributed by atoms with E-state index in [2.05, 4.69) is 34.0 Å². The molecule has 0 bridgehead atoms. The van der Waals surface area contributed by atoms with Crippen molar-refractivity contribution >= 4 is 15.8 Å². The van der Waals surface area contributed by atoms with E-state index in [1.54, 1.807) is 7.05 Å². The van der Waals surface area contributed by atoms with Crippen LogP contribution in [0.1, 0.15) is 47.0 Å². The van der Waals surface area contributed by atoms with Gasteiger partial charge in [0.25, 0.3) is 0 Å². The average Bonchev–Trinajstić information content (AvgIpc) is 2.52. The monoisotopic (exact) mass is 372 g/mol. The Labute approximate surface area is 154 Å². The Bertz CT molecular complexity index is 572. The van der Waals surface area contributed by atoms with Gasteiger partial charge in [-0.05, 0) is 39.2 Å². The molecule has 2 heterocycles. The van der Waals surface area contributed by atoms with E-state index in [1.165, 1.54) is 25.8 Å². The van der Waals surface area contributed by atoms with Crippen molar-refractivity contribution in [2.75, 3.05) is 45.5 Å². The van der Waals surface area contributed by atoms with Gasteiger partial charge in [-0.25, -0.2) is 8.42 Å². The first kappa shape index (κ1) is 20.5. The fourth-order valence-corrected chi connectivity index (χ4v) is 5.23. The molecule has 0 aromatic rings. The molecule has 0 spiro atoms. The molecule has 7 heteroatoms. The van der Waals surface area contributed by atoms with Gasteiger partial charge in [0.05, 0.1) is 10.5 Å². The number of hydrogen-bond donors (Lipinski definition) is 1. The Morgan fingerprint density at radius 3 is 2.60 bits per heavy atom. The number of aliphatic imine (C=N–C) groups is 1. The molecular formula is C18H36N4O2S. The highest BCUT2D eigenvalue weighted by atomic mass is 32.2. The Morgan fingerprint density at radius 2 is 2.00 bits per heavy atom. The molecule has 0 radical (unpaired) electrons. The van der Waals surface area contributed by atoms with E-state index >= 15 is 0 Å². The van der Waals surface area contributed by atoms with Crippen LogP contribution < -0.4 is 5.32 Å². The van der Waals surface area contributed by atoms with Crippen molar-refractivity contribution in [3.05, 3.63) is 0 Å². The number of piperidine rings is 1. The van der Waals surface area contributed by atoms with Gasteiger partial charge in [0, 0.05) is 39.3 Å². The molecule has 1 unspecified atom stereocenters. The van der Waals surface area contributed by atoms with Crippen LogP contribution in [0.15, 0.2) is 4.99 Å². The van der Waals surface area contributed by atoms with Gasteiger partial charge in [-0.15, -0.1) is 0 Å². The molecule has 6 nitrogen and oxygen atoms in total. The van der Waals surface area contributed by atoms with E-state index in [1.807, 2.05) is 13.8 Å². The van der Waals surface area contributed by atoms with Crippen LogP contribution in [0.5, 0.6) is 0 Å². The number of nitrogens with one attached hydrogen (secondary N) is 1. The van der Waals surface area contributed by atoms with Crippen LogP contribution in [-0.4, -0.2) is 80.5 Å². The molecule has 2 fully saturated rings. The Kier molecular flexibility index (Phi) is 6.76. The largest absolute Gasteiger partial charge is 0.355 e. The van der Waals surface area contributed by atoms with Gasteiger partial charge in [0.15, 0.2) is 15.8 Å². The molecule has 1 N–H and O–H groups in total. The van der Waals surface area contributed by atoms with Crippen molar-refractivity contribution in [3.63, 3.8) is 0 Å². The summed E-state index contributed by atoms with van der Waals surface area (Å²) in [5.41, 5.74) is 0. The van der Waals surface area contributed by atoms with Crippen molar-refractivity contribution in [3.8, 4) is 0 Å². The maximum Gasteiger partial charge on any atom is 0.193 e. The number of hydrogen-bond acceptors (Lipinski definition) is 4. The fourth-order valence-electron chi connectivity index (χ4n) is 3.87. The highest BCUT2D eigenvalue weighted by Gasteiger charge is 2.41. The third kappa shape index (κ3) is 5.09. The van der Waals surface area contributed by atoms with Crippen LogP contribution in [0.25, 0.3) is 0 Å². The van der Waals surface area contributed by atoms with Gasteiger partial charge in [0.2, 0.25) is 0 Å². The van der Waals surface area contributed by atoms with E-state index in [0.29, 0.717) is 25.0 Å². The van der Waals surface area contributed by atoms with Gasteiger partial charge >= 0.3 is 0 Å². The maximum absolute atomic E-state index is 12.2. The summed E-state index contributed by atoms with van der Waals surface area (Å²) in [4.78, 5) is 9.10. The SMILES string of the molecule is CN=C(NCC1CCCCN1CC(C)C)N1CCS(=O)(=O)C(C)(C)C1. The van der Waals surface area contributed by atoms with E-state index < -0.39 is 14.6 Å². The number of sulfone groups is 1. The summed E-state index contributed by atoms with van der Waals surface area (Å²) in [6.45, 7) is 12.4. The number of likely N-dealkylation sites (tertiary alicyclic amines) is 1. The minimum atomic E-state index is -3.03. The summed E-state index contributed by atoms with van der Waals surface area (Å²) >= 11 is 0. The third-order valence-corrected chi connectivity index (χ3v) is 7.93. The third-order valence-electron chi connectivity index (χ3n) is 5.40. The first-order valence-electron chi connectivity index (χ1n) is 9.58. The minimum Gasteiger partial charge on any atom is -0.355 e. The lowest BCUT2D eigenvalue weighted by molar-refractivity contribution is 0.132. The molecule has 2 saturated heterocycles. The smallest absolute Gasteiger partial charge is 0.193 e. The van der Waals surface area contributed by atoms with Crippen LogP contribution in [-0.2, 0) is 9.84 Å². The first-order valence-corrected chi connectivity index (χ1v) is 11.2. The topological polar surface area (TPSA) is 65.0 Å². The van der Waals surface area contributed by atoms with Crippen LogP contribution in [0, 0.1) is 5.92 Å². The summed E-state index contributed by atoms with van der Waals surface area (Å²) < 4.78 is 23.7. The number of guanidine groups is 1. The summed E-state index contributed by atoms with van der Waals surface area (Å²) in [7, 11) is -1.24. The molecule has 2 rings (SSSR count). The van der Waals surface area contributed by atoms with Crippen LogP contribution in [0.3, 0.4) is 0 Å². The quantitative estimate of drug-likeness (QED) is 0.600. The zero-order valence-electron chi connectivity index (χ0n) is 16.6. The van der Waals surface area contributed by atoms with Crippen molar-refractivity contribution in [1.29, 1.82) is 0 Å². The Balaban J connectivity index is 1.96. The van der Waals surface area contributed by atoms with Crippen molar-refractivity contribution in [2.24, 2.45) is 10.9 Å². The predicted molar refractivity (Wildman–Crippen MR) is 105 cm³/mol. The normalized spacial score (nSPS) is 27.5. The lowest BCUT2D eigenvalue weighted by atomic mass is 10.0. The molecule has 0 amide bonds. The number of rotatable bonds is 4. The first-order chi connectivity index (χ1) is 11.7. The Hall–Kier alpha value is -0.820. The van der Waals surface area contributed by atoms with Gasteiger partial charge in [-0.2, -0.15) is 0 Å². The van der Waals surface area contributed by atoms with Gasteiger partial charge in [-0.1, -0.05) is 20.3 Å². The average molecular weight is 373 g/mol. The Morgan fingerprint density at radius 1 is 1.28 bits per heavy atom. The molecule has 146 valence electrons. The molecular weight excluding hydrogens is 336 g/mol. The summed E-state index contributed by atoms with van der Waals surface area (Å²) in [6.07, 6.45) is 3.79. The lowest BCUT2D eigenvalue weighted by Gasteiger charge is -2.41. The van der Waals surface area contributed by atoms with Gasteiger partial charge in [-0.3, -0.25) is 9.89 Å². The molecule has 0 saturated carbocycles. The molecule has 0 aromatic heterocycles. The van der Waals surface area contributed by atoms with Gasteiger partial charge < -0.3 is 10.2 Å². The second-order valence-electron chi connectivity index (χ2n) is 8.47. The second-order valence-corrected chi connectivity index (χ2v) is 11.2. The highest BCUT2D eigenvalue weighted by Crippen LogP contribution is 2.24. The molecule has 0 aliphatic carbocycles. The van der Waals surface area contributed by atoms with Crippen molar-refractivity contribution < 1.29 is 8.42 Å². The summed E-state index contributed by atoms with van der Waals surface area (Å²) in [6, 6.07) is 0.537. The fraction of sp³-hybridized carbons (Fsp3) is 0.944. The zero-order chi connectivity index (χ0) is 18.7. The predicted octanol–water partition coefficient (Wildman–Crippen LogP) is 1.58. The lowest BCUT2D eigenvalue weighted by Crippen LogP contribution is -2.58. The second kappa shape index (κ2) is 8.25. The van der Waals surface area contributed by atoms with Gasteiger partial charge in [0.1, 0.15) is 0 Å². The zero-order valence-corrected chi connectivity index (χ0v) is 17.4. The molecule has 2 aliphatic heterocycles. The standard InChI is InChI=1S/C18H36N4O2S/c1-15(2)13-21-9-7-6-8-16(21)12-20-17(19-5)22-10-11-25(23,24)18(3,4)14-22/h15-16H,6-14H2,1-5H3,(H,19,20). The van der Waals surface area contributed by atoms with Crippen molar-refractivity contribution in [2.45, 2.75) is 57.7 Å². The van der Waals surface area contributed by atoms with Crippen molar-refractivity contribution in [1.82, 2.24) is 15.1 Å². The summed E-state index contributed by atoms with van der Waals surface area (Å²) in [5.74, 6) is 1.70. The molecule has 1 atom stereocenters. The van der Waals surface area contributed by atoms with Crippen LogP contribution in [0.4, 0.5) is 0 Å². The van der Waals surface area contributed by atoms with Crippen LogP contribution in [0.2, 0.25) is 0 Å². The molecule has 2 aliphatic rings. The maximum atomic E-state index is 12.2. The molecule has 25 heavy (non-hydrogen) atoms. The molecule has 0 aromatic carbocycles. The number of nitrogens with zero attached hydrogens (tertiary/aromatic N) is 3. The van der Waals surface area contributed by atoms with E-state index in [0.717, 1.165) is 19.0 Å². The van der Waals surface area contributed by atoms with E-state index in [-0.39, 0.29) is 5.75 Å². The minimum absolute atomic E-state index is 0.198. The van der Waals surface area contributed by atoms with E-state index in [9.17, 15) is 8.42 Å². The van der Waals surface area contributed by atoms with E-state index in [4.69, 9.17) is 0 Å².